The van der Waals surface area contributed by atoms with Crippen LogP contribution in [0.25, 0.3) is 0 Å². The summed E-state index contributed by atoms with van der Waals surface area (Å²) < 4.78 is 0. The Morgan fingerprint density at radius 2 is 1.89 bits per heavy atom. The van der Waals surface area contributed by atoms with E-state index in [0.717, 1.165) is 0 Å². The van der Waals surface area contributed by atoms with Crippen molar-refractivity contribution in [3.8, 4) is 0 Å². The average molecular weight is 475 g/mol. The van der Waals surface area contributed by atoms with E-state index >= 15 is 0 Å². The van der Waals surface area contributed by atoms with Crippen molar-refractivity contribution in [2.45, 2.75) is 18.5 Å². The Kier molecular flexibility index (Phi) is 5.61. The van der Waals surface area contributed by atoms with Crippen molar-refractivity contribution in [1.29, 1.82) is 0 Å². The van der Waals surface area contributed by atoms with Gasteiger partial charge in [-0.2, -0.15) is 0 Å². The molecule has 0 radical (unpaired) electrons. The summed E-state index contributed by atoms with van der Waals surface area (Å²) in [5.41, 5.74) is 0.715. The van der Waals surface area contributed by atoms with Crippen LogP contribution in [0.2, 0.25) is 0 Å². The molecule has 4 heterocycles. The highest BCUT2D eigenvalue weighted by atomic mass is 16.6. The number of hydrogen-bond acceptors (Lipinski definition) is 8. The van der Waals surface area contributed by atoms with Crippen LogP contribution in [0.1, 0.15) is 16.8 Å². The summed E-state index contributed by atoms with van der Waals surface area (Å²) in [5.74, 6) is 0.508. The van der Waals surface area contributed by atoms with E-state index in [-0.39, 0.29) is 35.3 Å². The second-order valence-electron chi connectivity index (χ2n) is 8.30. The standard InChI is InChI=1S/C23H21N7O5/c31-22(14-4-2-1-3-5-14)26-19-10-15(8-9-24-19)25-21-18(30(34)35)6-7-20(27-21)28-12-17-11-16(28)13-29(17)23(32)33/h1-10,16-17H,11-13H2,(H,32,33)(H2,24,25,26,27,31)/t16-,17-/m0/s1. The van der Waals surface area contributed by atoms with Gasteiger partial charge in [0, 0.05) is 42.7 Å². The smallest absolute Gasteiger partial charge is 0.407 e. The van der Waals surface area contributed by atoms with E-state index in [9.17, 15) is 24.8 Å². The monoisotopic (exact) mass is 475 g/mol. The van der Waals surface area contributed by atoms with Gasteiger partial charge in [0.2, 0.25) is 5.82 Å². The minimum Gasteiger partial charge on any atom is -0.465 e. The fourth-order valence-electron chi connectivity index (χ4n) is 4.51. The number of pyridine rings is 2. The highest BCUT2D eigenvalue weighted by Gasteiger charge is 2.46. The Labute approximate surface area is 199 Å². The van der Waals surface area contributed by atoms with E-state index in [1.54, 1.807) is 42.5 Å². The van der Waals surface area contributed by atoms with E-state index in [2.05, 4.69) is 20.6 Å². The molecule has 1 aromatic carbocycles. The second kappa shape index (κ2) is 8.89. The number of nitrogens with one attached hydrogen (secondary N) is 2. The number of nitro groups is 1. The molecular weight excluding hydrogens is 454 g/mol. The van der Waals surface area contributed by atoms with Gasteiger partial charge >= 0.3 is 11.8 Å². The number of amides is 2. The lowest BCUT2D eigenvalue weighted by atomic mass is 10.2. The van der Waals surface area contributed by atoms with E-state index in [1.807, 2.05) is 11.0 Å². The Bertz CT molecular complexity index is 1300. The minimum absolute atomic E-state index is 0.0290. The Morgan fingerprint density at radius 1 is 1.09 bits per heavy atom. The van der Waals surface area contributed by atoms with Gasteiger partial charge in [-0.3, -0.25) is 14.9 Å². The largest absolute Gasteiger partial charge is 0.465 e. The van der Waals surface area contributed by atoms with E-state index in [1.165, 1.54) is 17.2 Å². The normalized spacial score (nSPS) is 18.4. The number of carboxylic acid groups (broad SMARTS) is 1. The van der Waals surface area contributed by atoms with Gasteiger partial charge < -0.3 is 25.5 Å². The molecule has 0 saturated carbocycles. The summed E-state index contributed by atoms with van der Waals surface area (Å²) in [5, 5.41) is 26.6. The molecule has 12 heteroatoms. The molecule has 2 amide bonds. The second-order valence-corrected chi connectivity index (χ2v) is 8.30. The summed E-state index contributed by atoms with van der Waals surface area (Å²) in [7, 11) is 0. The van der Waals surface area contributed by atoms with Crippen LogP contribution in [0, 0.1) is 10.1 Å². The van der Waals surface area contributed by atoms with Crippen molar-refractivity contribution in [2.24, 2.45) is 0 Å². The molecule has 3 N–H and O–H groups in total. The lowest BCUT2D eigenvalue weighted by Crippen LogP contribution is -2.48. The predicted octanol–water partition coefficient (Wildman–Crippen LogP) is 3.32. The highest BCUT2D eigenvalue weighted by Crippen LogP contribution is 2.36. The van der Waals surface area contributed by atoms with Crippen LogP contribution >= 0.6 is 0 Å². The van der Waals surface area contributed by atoms with Crippen LogP contribution in [-0.2, 0) is 0 Å². The fraction of sp³-hybridized carbons (Fsp3) is 0.217. The summed E-state index contributed by atoms with van der Waals surface area (Å²) in [4.78, 5) is 46.9. The van der Waals surface area contributed by atoms with Gasteiger partial charge in [0.1, 0.15) is 11.6 Å². The van der Waals surface area contributed by atoms with Crippen LogP contribution in [0.3, 0.4) is 0 Å². The predicted molar refractivity (Wildman–Crippen MR) is 127 cm³/mol. The highest BCUT2D eigenvalue weighted by molar-refractivity contribution is 6.03. The molecule has 2 aromatic heterocycles. The van der Waals surface area contributed by atoms with Gasteiger partial charge in [-0.25, -0.2) is 14.8 Å². The molecule has 2 fully saturated rings. The number of rotatable bonds is 6. The van der Waals surface area contributed by atoms with Crippen molar-refractivity contribution in [2.75, 3.05) is 28.6 Å². The maximum atomic E-state index is 12.4. The average Bonchev–Trinajstić information content (AvgIpc) is 3.46. The maximum Gasteiger partial charge on any atom is 0.407 e. The molecule has 12 nitrogen and oxygen atoms in total. The van der Waals surface area contributed by atoms with Crippen molar-refractivity contribution in [3.63, 3.8) is 0 Å². The van der Waals surface area contributed by atoms with Crippen LogP contribution in [0.5, 0.6) is 0 Å². The quantitative estimate of drug-likeness (QED) is 0.360. The van der Waals surface area contributed by atoms with Crippen LogP contribution < -0.4 is 15.5 Å². The molecule has 2 aliphatic rings. The Hall–Kier alpha value is -4.74. The third-order valence-electron chi connectivity index (χ3n) is 6.14. The van der Waals surface area contributed by atoms with Gasteiger partial charge in [-0.05, 0) is 30.7 Å². The molecule has 0 unspecified atom stereocenters. The summed E-state index contributed by atoms with van der Waals surface area (Å²) >= 11 is 0. The maximum absolute atomic E-state index is 12.4. The van der Waals surface area contributed by atoms with Gasteiger partial charge in [0.15, 0.2) is 0 Å². The van der Waals surface area contributed by atoms with Crippen LogP contribution in [0.15, 0.2) is 60.8 Å². The lowest BCUT2D eigenvalue weighted by molar-refractivity contribution is -0.384. The van der Waals surface area contributed by atoms with E-state index in [0.29, 0.717) is 36.6 Å². The van der Waals surface area contributed by atoms with Gasteiger partial charge in [-0.15, -0.1) is 0 Å². The molecule has 5 rings (SSSR count). The lowest BCUT2D eigenvalue weighted by Gasteiger charge is -2.33. The number of anilines is 4. The third kappa shape index (κ3) is 4.40. The Balaban J connectivity index is 1.36. The number of hydrogen-bond donors (Lipinski definition) is 3. The summed E-state index contributed by atoms with van der Waals surface area (Å²) in [6.07, 6.45) is 1.23. The zero-order chi connectivity index (χ0) is 24.5. The molecule has 2 saturated heterocycles. The molecule has 3 aromatic rings. The van der Waals surface area contributed by atoms with Crippen molar-refractivity contribution < 1.29 is 19.6 Å². The van der Waals surface area contributed by atoms with Gasteiger partial charge in [-0.1, -0.05) is 18.2 Å². The Morgan fingerprint density at radius 3 is 2.57 bits per heavy atom. The van der Waals surface area contributed by atoms with Crippen molar-refractivity contribution in [3.05, 3.63) is 76.5 Å². The SMILES string of the molecule is O=C(Nc1cc(Nc2nc(N3C[C@@H]4C[C@H]3CN4C(=O)O)ccc2[N+](=O)[O-])ccn1)c1ccccc1. The first kappa shape index (κ1) is 22.1. The number of nitrogens with zero attached hydrogens (tertiary/aromatic N) is 5. The number of carbonyl (C=O) groups excluding carboxylic acids is 1. The topological polar surface area (TPSA) is 154 Å². The first-order valence-corrected chi connectivity index (χ1v) is 10.9. The molecule has 178 valence electrons. The number of likely N-dealkylation sites (tertiary alicyclic amines) is 1. The molecule has 0 spiro atoms. The first-order valence-electron chi connectivity index (χ1n) is 10.9. The van der Waals surface area contributed by atoms with Gasteiger partial charge in [0.25, 0.3) is 5.91 Å². The number of piperazine rings is 1. The molecule has 2 aliphatic heterocycles. The number of benzene rings is 1. The molecule has 35 heavy (non-hydrogen) atoms. The molecular formula is C23H21N7O5. The summed E-state index contributed by atoms with van der Waals surface area (Å²) in [6.45, 7) is 0.850. The number of fused-ring (bicyclic) bond motifs is 2. The molecule has 2 bridgehead atoms. The van der Waals surface area contributed by atoms with E-state index < -0.39 is 11.0 Å². The van der Waals surface area contributed by atoms with Gasteiger partial charge in [0.05, 0.1) is 17.0 Å². The minimum atomic E-state index is -0.941. The van der Waals surface area contributed by atoms with Crippen molar-refractivity contribution in [1.82, 2.24) is 14.9 Å². The van der Waals surface area contributed by atoms with E-state index in [4.69, 9.17) is 0 Å². The molecule has 0 aliphatic carbocycles. The number of carbonyl (C=O) groups is 2. The van der Waals surface area contributed by atoms with Crippen LogP contribution in [-0.4, -0.2) is 62.1 Å². The zero-order valence-electron chi connectivity index (χ0n) is 18.4. The van der Waals surface area contributed by atoms with Crippen LogP contribution in [0.4, 0.5) is 33.6 Å². The molecule has 2 atom stereocenters. The zero-order valence-corrected chi connectivity index (χ0v) is 18.4. The fourth-order valence-corrected chi connectivity index (χ4v) is 4.51. The van der Waals surface area contributed by atoms with Crippen molar-refractivity contribution >= 4 is 40.8 Å². The summed E-state index contributed by atoms with van der Waals surface area (Å²) in [6, 6.07) is 14.6. The number of aromatic nitrogens is 2. The third-order valence-corrected chi connectivity index (χ3v) is 6.14. The first-order chi connectivity index (χ1) is 16.9.